The fourth-order valence-corrected chi connectivity index (χ4v) is 1.20. The number of rotatable bonds is 2. The van der Waals surface area contributed by atoms with Gasteiger partial charge < -0.3 is 4.74 Å². The van der Waals surface area contributed by atoms with E-state index in [4.69, 9.17) is 11.6 Å². The highest BCUT2D eigenvalue weighted by Gasteiger charge is 2.59. The Morgan fingerprint density at radius 2 is 1.67 bits per heavy atom. The van der Waals surface area contributed by atoms with Crippen molar-refractivity contribution in [3.05, 3.63) is 23.0 Å². The minimum Gasteiger partial charge on any atom is -0.471 e. The Labute approximate surface area is 103 Å². The summed E-state index contributed by atoms with van der Waals surface area (Å²) in [4.78, 5) is 3.49. The average Bonchev–Trinajstić information content (AvgIpc) is 2.15. The van der Waals surface area contributed by atoms with Crippen molar-refractivity contribution in [1.82, 2.24) is 4.98 Å². The first kappa shape index (κ1) is 14.9. The maximum Gasteiger partial charge on any atom is 0.434 e. The van der Waals surface area contributed by atoms with Gasteiger partial charge >= 0.3 is 12.4 Å². The zero-order chi connectivity index (χ0) is 14.1. The van der Waals surface area contributed by atoms with Crippen LogP contribution in [0.2, 0.25) is 5.15 Å². The molecule has 0 unspecified atom stereocenters. The summed E-state index contributed by atoms with van der Waals surface area (Å²) in [5.74, 6) is -0.616. The number of halogens is 7. The summed E-state index contributed by atoms with van der Waals surface area (Å²) in [5, 5.41) is -0.265. The molecule has 0 bridgehead atoms. The maximum atomic E-state index is 12.2. The van der Waals surface area contributed by atoms with Crippen molar-refractivity contribution in [3.8, 4) is 5.75 Å². The molecule has 0 aliphatic heterocycles. The SMILES string of the molecule is Cc1cnc(Cl)cc1OC(C(F)(F)F)C(F)(F)F. The summed E-state index contributed by atoms with van der Waals surface area (Å²) in [6.45, 7) is 1.25. The summed E-state index contributed by atoms with van der Waals surface area (Å²) in [6.07, 6.45) is -14.0. The summed E-state index contributed by atoms with van der Waals surface area (Å²) in [7, 11) is 0. The molecule has 0 radical (unpaired) electrons. The Morgan fingerprint density at radius 3 is 2.11 bits per heavy atom. The molecule has 18 heavy (non-hydrogen) atoms. The number of alkyl halides is 6. The number of nitrogens with zero attached hydrogens (tertiary/aromatic N) is 1. The third-order valence-corrected chi connectivity index (χ3v) is 2.07. The smallest absolute Gasteiger partial charge is 0.434 e. The zero-order valence-corrected chi connectivity index (χ0v) is 9.49. The number of pyridine rings is 1. The van der Waals surface area contributed by atoms with E-state index in [0.717, 1.165) is 12.3 Å². The topological polar surface area (TPSA) is 22.1 Å². The van der Waals surface area contributed by atoms with E-state index in [0.29, 0.717) is 0 Å². The molecular formula is C9H6ClF6NO. The van der Waals surface area contributed by atoms with Crippen LogP contribution in [-0.4, -0.2) is 23.4 Å². The molecule has 2 nitrogen and oxygen atoms in total. The van der Waals surface area contributed by atoms with Crippen LogP contribution in [0, 0.1) is 6.92 Å². The quantitative estimate of drug-likeness (QED) is 0.609. The lowest BCUT2D eigenvalue weighted by atomic mass is 10.2. The van der Waals surface area contributed by atoms with E-state index in [2.05, 4.69) is 9.72 Å². The van der Waals surface area contributed by atoms with Crippen molar-refractivity contribution >= 4 is 11.6 Å². The first-order valence-corrected chi connectivity index (χ1v) is 4.82. The lowest BCUT2D eigenvalue weighted by Gasteiger charge is -2.24. The molecule has 9 heteroatoms. The van der Waals surface area contributed by atoms with E-state index in [-0.39, 0.29) is 10.7 Å². The van der Waals surface area contributed by atoms with Gasteiger partial charge in [0.15, 0.2) is 0 Å². The highest BCUT2D eigenvalue weighted by molar-refractivity contribution is 6.29. The number of aromatic nitrogens is 1. The van der Waals surface area contributed by atoms with Gasteiger partial charge in [0.1, 0.15) is 10.9 Å². The third-order valence-electron chi connectivity index (χ3n) is 1.86. The maximum absolute atomic E-state index is 12.2. The molecule has 0 aromatic carbocycles. The van der Waals surface area contributed by atoms with Crippen LogP contribution in [0.15, 0.2) is 12.3 Å². The Bertz CT molecular complexity index is 416. The van der Waals surface area contributed by atoms with Crippen LogP contribution in [0.1, 0.15) is 5.56 Å². The molecule has 0 atom stereocenters. The number of aryl methyl sites for hydroxylation is 1. The number of hydrogen-bond donors (Lipinski definition) is 0. The first-order chi connectivity index (χ1) is 8.01. The van der Waals surface area contributed by atoms with Gasteiger partial charge in [-0.3, -0.25) is 0 Å². The van der Waals surface area contributed by atoms with Crippen LogP contribution in [0.5, 0.6) is 5.75 Å². The van der Waals surface area contributed by atoms with Crippen LogP contribution in [0.3, 0.4) is 0 Å². The van der Waals surface area contributed by atoms with E-state index in [1.54, 1.807) is 0 Å². The molecule has 102 valence electrons. The van der Waals surface area contributed by atoms with Crippen molar-refractivity contribution in [2.45, 2.75) is 25.4 Å². The number of hydrogen-bond acceptors (Lipinski definition) is 2. The Balaban J connectivity index is 3.08. The van der Waals surface area contributed by atoms with Crippen LogP contribution < -0.4 is 4.74 Å². The van der Waals surface area contributed by atoms with Gasteiger partial charge in [-0.15, -0.1) is 0 Å². The van der Waals surface area contributed by atoms with Crippen LogP contribution in [-0.2, 0) is 0 Å². The molecular weight excluding hydrogens is 288 g/mol. The van der Waals surface area contributed by atoms with Gasteiger partial charge in [0, 0.05) is 17.8 Å². The van der Waals surface area contributed by atoms with E-state index in [9.17, 15) is 26.3 Å². The second-order valence-corrected chi connectivity index (χ2v) is 3.74. The predicted molar refractivity (Wildman–Crippen MR) is 50.5 cm³/mol. The molecule has 1 rings (SSSR count). The zero-order valence-electron chi connectivity index (χ0n) is 8.73. The Morgan fingerprint density at radius 1 is 1.17 bits per heavy atom. The summed E-state index contributed by atoms with van der Waals surface area (Å²) < 4.78 is 77.4. The van der Waals surface area contributed by atoms with Gasteiger partial charge in [0.05, 0.1) is 0 Å². The van der Waals surface area contributed by atoms with E-state index in [1.165, 1.54) is 6.92 Å². The minimum atomic E-state index is -5.57. The molecule has 0 aliphatic rings. The normalized spacial score (nSPS) is 12.9. The molecule has 0 spiro atoms. The molecule has 0 saturated carbocycles. The van der Waals surface area contributed by atoms with E-state index >= 15 is 0 Å². The van der Waals surface area contributed by atoms with Gasteiger partial charge in [0.2, 0.25) is 0 Å². The van der Waals surface area contributed by atoms with Crippen molar-refractivity contribution < 1.29 is 31.1 Å². The molecule has 1 aromatic rings. The monoisotopic (exact) mass is 293 g/mol. The predicted octanol–water partition coefficient (Wildman–Crippen LogP) is 3.92. The van der Waals surface area contributed by atoms with Gasteiger partial charge in [-0.25, -0.2) is 4.98 Å². The summed E-state index contributed by atoms with van der Waals surface area (Å²) in [5.41, 5.74) is 0.0119. The minimum absolute atomic E-state index is 0.0119. The van der Waals surface area contributed by atoms with Gasteiger partial charge in [-0.1, -0.05) is 11.6 Å². The van der Waals surface area contributed by atoms with Crippen LogP contribution in [0.25, 0.3) is 0 Å². The van der Waals surface area contributed by atoms with Gasteiger partial charge in [-0.05, 0) is 6.92 Å². The van der Waals surface area contributed by atoms with E-state index in [1.807, 2.05) is 0 Å². The largest absolute Gasteiger partial charge is 0.471 e. The Kier molecular flexibility index (Phi) is 3.99. The second-order valence-electron chi connectivity index (χ2n) is 3.35. The third kappa shape index (κ3) is 3.66. The highest BCUT2D eigenvalue weighted by atomic mass is 35.5. The number of ether oxygens (including phenoxy) is 1. The van der Waals surface area contributed by atoms with Crippen LogP contribution in [0.4, 0.5) is 26.3 Å². The van der Waals surface area contributed by atoms with Crippen molar-refractivity contribution in [1.29, 1.82) is 0 Å². The van der Waals surface area contributed by atoms with Gasteiger partial charge in [-0.2, -0.15) is 26.3 Å². The Hall–Kier alpha value is -1.18. The van der Waals surface area contributed by atoms with Gasteiger partial charge in [0.25, 0.3) is 6.10 Å². The average molecular weight is 294 g/mol. The molecule has 0 amide bonds. The van der Waals surface area contributed by atoms with Crippen molar-refractivity contribution in [2.75, 3.05) is 0 Å². The molecule has 0 saturated heterocycles. The molecule has 0 fully saturated rings. The summed E-state index contributed by atoms with van der Waals surface area (Å²) in [6, 6.07) is 0.793. The molecule has 0 aliphatic carbocycles. The standard InChI is InChI=1S/C9H6ClF6NO/c1-4-3-17-6(10)2-5(4)18-7(8(11,12)13)9(14,15)16/h2-3,7H,1H3. The second kappa shape index (κ2) is 4.83. The molecule has 1 aromatic heterocycles. The fraction of sp³-hybridized carbons (Fsp3) is 0.444. The van der Waals surface area contributed by atoms with E-state index < -0.39 is 24.2 Å². The fourth-order valence-electron chi connectivity index (χ4n) is 1.05. The van der Waals surface area contributed by atoms with Crippen LogP contribution >= 0.6 is 11.6 Å². The molecule has 0 N–H and O–H groups in total. The highest BCUT2D eigenvalue weighted by Crippen LogP contribution is 2.37. The lowest BCUT2D eigenvalue weighted by Crippen LogP contribution is -2.46. The van der Waals surface area contributed by atoms with Crippen molar-refractivity contribution in [3.63, 3.8) is 0 Å². The lowest BCUT2D eigenvalue weighted by molar-refractivity contribution is -0.300. The van der Waals surface area contributed by atoms with Crippen molar-refractivity contribution in [2.24, 2.45) is 0 Å². The summed E-state index contributed by atoms with van der Waals surface area (Å²) >= 11 is 5.38. The first-order valence-electron chi connectivity index (χ1n) is 4.44. The molecule has 1 heterocycles.